The Morgan fingerprint density at radius 1 is 1.35 bits per heavy atom. The zero-order chi connectivity index (χ0) is 16.6. The van der Waals surface area contributed by atoms with Crippen LogP contribution in [0.25, 0.3) is 0 Å². The van der Waals surface area contributed by atoms with Crippen LogP contribution < -0.4 is 10.6 Å². The largest absolute Gasteiger partial charge is 0.418 e. The van der Waals surface area contributed by atoms with Crippen LogP contribution in [0.5, 0.6) is 0 Å². The fourth-order valence-corrected chi connectivity index (χ4v) is 2.26. The molecule has 0 aliphatic carbocycles. The number of rotatable bonds is 2. The molecule has 2 aromatic rings. The lowest BCUT2D eigenvalue weighted by molar-refractivity contribution is -0.137. The predicted octanol–water partition coefficient (Wildman–Crippen LogP) is 1.82. The molecule has 10 heteroatoms. The number of aromatic nitrogens is 3. The van der Waals surface area contributed by atoms with Crippen LogP contribution >= 0.6 is 0 Å². The number of carbonyl (C=O) groups is 2. The smallest absolute Gasteiger partial charge is 0.324 e. The van der Waals surface area contributed by atoms with E-state index >= 15 is 0 Å². The van der Waals surface area contributed by atoms with E-state index in [2.05, 4.69) is 20.7 Å². The van der Waals surface area contributed by atoms with Gasteiger partial charge in [-0.2, -0.15) is 23.3 Å². The summed E-state index contributed by atoms with van der Waals surface area (Å²) in [4.78, 5) is 27.6. The summed E-state index contributed by atoms with van der Waals surface area (Å²) in [6.45, 7) is 0. The number of amides is 2. The number of benzene rings is 1. The molecule has 0 bridgehead atoms. The third-order valence-electron chi connectivity index (χ3n) is 3.29. The van der Waals surface area contributed by atoms with Crippen molar-refractivity contribution >= 4 is 23.5 Å². The number of alkyl halides is 3. The summed E-state index contributed by atoms with van der Waals surface area (Å²) in [6.07, 6.45) is -3.70. The van der Waals surface area contributed by atoms with E-state index in [9.17, 15) is 22.8 Å². The average Bonchev–Trinajstić information content (AvgIpc) is 2.93. The number of anilines is 2. The molecule has 0 saturated heterocycles. The SMILES string of the molecule is O=C1CC(C(=O)Nc2ccccc2C(F)(F)F)n2ncnc2N1. The topological polar surface area (TPSA) is 88.9 Å². The van der Waals surface area contributed by atoms with Gasteiger partial charge in [-0.05, 0) is 12.1 Å². The van der Waals surface area contributed by atoms with Crippen LogP contribution in [0.3, 0.4) is 0 Å². The van der Waals surface area contributed by atoms with Crippen LogP contribution in [0.4, 0.5) is 24.8 Å². The first-order valence-corrected chi connectivity index (χ1v) is 6.52. The fraction of sp³-hybridized carbons (Fsp3) is 0.231. The van der Waals surface area contributed by atoms with Gasteiger partial charge in [-0.1, -0.05) is 12.1 Å². The van der Waals surface area contributed by atoms with Crippen molar-refractivity contribution in [3.05, 3.63) is 36.2 Å². The van der Waals surface area contributed by atoms with Crippen molar-refractivity contribution in [2.45, 2.75) is 18.6 Å². The molecule has 1 aliphatic heterocycles. The third-order valence-corrected chi connectivity index (χ3v) is 3.29. The highest BCUT2D eigenvalue weighted by Gasteiger charge is 2.36. The first kappa shape index (κ1) is 15.0. The summed E-state index contributed by atoms with van der Waals surface area (Å²) in [5.74, 6) is -1.16. The van der Waals surface area contributed by atoms with Crippen molar-refractivity contribution in [2.24, 2.45) is 0 Å². The van der Waals surface area contributed by atoms with E-state index in [-0.39, 0.29) is 18.1 Å². The molecule has 0 saturated carbocycles. The van der Waals surface area contributed by atoms with Crippen molar-refractivity contribution in [1.82, 2.24) is 14.8 Å². The molecule has 2 amide bonds. The van der Waals surface area contributed by atoms with E-state index in [4.69, 9.17) is 0 Å². The molecule has 2 heterocycles. The molecule has 1 aromatic heterocycles. The van der Waals surface area contributed by atoms with Crippen molar-refractivity contribution in [3.63, 3.8) is 0 Å². The standard InChI is InChI=1S/C13H10F3N5O2/c14-13(15,16)7-3-1-2-4-8(7)19-11(23)9-5-10(22)20-12-17-6-18-21(9)12/h1-4,6,9H,5H2,(H,19,23)(H,17,18,20,22). The molecule has 2 N–H and O–H groups in total. The summed E-state index contributed by atoms with van der Waals surface area (Å²) >= 11 is 0. The Morgan fingerprint density at radius 3 is 2.83 bits per heavy atom. The number of hydrogen-bond donors (Lipinski definition) is 2. The molecule has 1 unspecified atom stereocenters. The fourth-order valence-electron chi connectivity index (χ4n) is 2.26. The van der Waals surface area contributed by atoms with Gasteiger partial charge in [-0.3, -0.25) is 14.9 Å². The van der Waals surface area contributed by atoms with Gasteiger partial charge in [-0.15, -0.1) is 0 Å². The molecule has 1 aliphatic rings. The van der Waals surface area contributed by atoms with Crippen LogP contribution in [0.15, 0.2) is 30.6 Å². The van der Waals surface area contributed by atoms with Gasteiger partial charge in [0.1, 0.15) is 12.4 Å². The highest BCUT2D eigenvalue weighted by molar-refractivity contribution is 6.01. The zero-order valence-electron chi connectivity index (χ0n) is 11.5. The lowest BCUT2D eigenvalue weighted by Crippen LogP contribution is -2.36. The van der Waals surface area contributed by atoms with Gasteiger partial charge >= 0.3 is 6.18 Å². The Bertz CT molecular complexity index is 771. The van der Waals surface area contributed by atoms with Crippen molar-refractivity contribution in [2.75, 3.05) is 10.6 Å². The second-order valence-corrected chi connectivity index (χ2v) is 4.83. The molecule has 0 radical (unpaired) electrons. The number of para-hydroxylation sites is 1. The Hall–Kier alpha value is -2.91. The Balaban J connectivity index is 1.88. The van der Waals surface area contributed by atoms with E-state index < -0.39 is 29.6 Å². The minimum atomic E-state index is -4.60. The Morgan fingerprint density at radius 2 is 2.09 bits per heavy atom. The van der Waals surface area contributed by atoms with E-state index in [1.165, 1.54) is 12.1 Å². The van der Waals surface area contributed by atoms with E-state index in [1.807, 2.05) is 0 Å². The Labute approximate surface area is 127 Å². The van der Waals surface area contributed by atoms with Crippen LogP contribution in [-0.4, -0.2) is 26.6 Å². The molecule has 0 fully saturated rings. The van der Waals surface area contributed by atoms with E-state index in [0.717, 1.165) is 23.1 Å². The van der Waals surface area contributed by atoms with Crippen LogP contribution in [0.1, 0.15) is 18.0 Å². The number of halogens is 3. The second-order valence-electron chi connectivity index (χ2n) is 4.83. The molecule has 0 spiro atoms. The van der Waals surface area contributed by atoms with Gasteiger partial charge < -0.3 is 5.32 Å². The van der Waals surface area contributed by atoms with Crippen molar-refractivity contribution in [1.29, 1.82) is 0 Å². The van der Waals surface area contributed by atoms with Crippen LogP contribution in [-0.2, 0) is 15.8 Å². The molecule has 1 atom stereocenters. The summed E-state index contributed by atoms with van der Waals surface area (Å²) < 4.78 is 40.0. The maximum absolute atomic E-state index is 12.9. The molecule has 3 rings (SSSR count). The lowest BCUT2D eigenvalue weighted by Gasteiger charge is -2.23. The number of nitrogens with zero attached hydrogens (tertiary/aromatic N) is 3. The van der Waals surface area contributed by atoms with E-state index in [1.54, 1.807) is 0 Å². The first-order chi connectivity index (χ1) is 10.9. The molecule has 23 heavy (non-hydrogen) atoms. The van der Waals surface area contributed by atoms with Gasteiger partial charge in [0, 0.05) is 0 Å². The quantitative estimate of drug-likeness (QED) is 0.881. The summed E-state index contributed by atoms with van der Waals surface area (Å²) in [6, 6.07) is 3.54. The monoisotopic (exact) mass is 325 g/mol. The van der Waals surface area contributed by atoms with Gasteiger partial charge in [0.15, 0.2) is 0 Å². The van der Waals surface area contributed by atoms with Gasteiger partial charge in [-0.25, -0.2) is 4.68 Å². The summed E-state index contributed by atoms with van der Waals surface area (Å²) in [7, 11) is 0. The van der Waals surface area contributed by atoms with Crippen LogP contribution in [0.2, 0.25) is 0 Å². The number of fused-ring (bicyclic) bond motifs is 1. The second kappa shape index (κ2) is 5.38. The first-order valence-electron chi connectivity index (χ1n) is 6.52. The molecule has 7 nitrogen and oxygen atoms in total. The predicted molar refractivity (Wildman–Crippen MR) is 72.4 cm³/mol. The average molecular weight is 325 g/mol. The zero-order valence-corrected chi connectivity index (χ0v) is 11.5. The lowest BCUT2D eigenvalue weighted by atomic mass is 10.1. The maximum Gasteiger partial charge on any atom is 0.418 e. The number of hydrogen-bond acceptors (Lipinski definition) is 4. The van der Waals surface area contributed by atoms with Gasteiger partial charge in [0.25, 0.3) is 0 Å². The van der Waals surface area contributed by atoms with E-state index in [0.29, 0.717) is 0 Å². The highest BCUT2D eigenvalue weighted by atomic mass is 19.4. The highest BCUT2D eigenvalue weighted by Crippen LogP contribution is 2.35. The summed E-state index contributed by atoms with van der Waals surface area (Å²) in [5.41, 5.74) is -1.34. The van der Waals surface area contributed by atoms with Crippen molar-refractivity contribution in [3.8, 4) is 0 Å². The molecular formula is C13H10F3N5O2. The molecule has 1 aromatic carbocycles. The minimum absolute atomic E-state index is 0.0745. The Kier molecular flexibility index (Phi) is 3.51. The van der Waals surface area contributed by atoms with Crippen molar-refractivity contribution < 1.29 is 22.8 Å². The minimum Gasteiger partial charge on any atom is -0.324 e. The number of carbonyl (C=O) groups excluding carboxylic acids is 2. The van der Waals surface area contributed by atoms with Gasteiger partial charge in [0.05, 0.1) is 17.7 Å². The van der Waals surface area contributed by atoms with Crippen LogP contribution in [0, 0.1) is 0 Å². The number of nitrogens with one attached hydrogen (secondary N) is 2. The summed E-state index contributed by atoms with van der Waals surface area (Å²) in [5, 5.41) is 8.44. The molecule has 120 valence electrons. The maximum atomic E-state index is 12.9. The molecular weight excluding hydrogens is 315 g/mol. The normalized spacial score (nSPS) is 17.3. The third kappa shape index (κ3) is 2.87. The van der Waals surface area contributed by atoms with Gasteiger partial charge in [0.2, 0.25) is 17.8 Å².